The van der Waals surface area contributed by atoms with Gasteiger partial charge in [0.1, 0.15) is 5.75 Å². The highest BCUT2D eigenvalue weighted by atomic mass is 32.1. The molecule has 1 amide bonds. The zero-order valence-electron chi connectivity index (χ0n) is 13.8. The van der Waals surface area contributed by atoms with Crippen LogP contribution in [0, 0.1) is 0 Å². The van der Waals surface area contributed by atoms with Crippen LogP contribution in [0.1, 0.15) is 18.1 Å². The van der Waals surface area contributed by atoms with Gasteiger partial charge in [-0.15, -0.1) is 11.3 Å². The summed E-state index contributed by atoms with van der Waals surface area (Å²) in [5.41, 5.74) is 4.47. The van der Waals surface area contributed by atoms with E-state index in [0.717, 1.165) is 28.1 Å². The predicted molar refractivity (Wildman–Crippen MR) is 104 cm³/mol. The molecule has 1 aromatic heterocycles. The Morgan fingerprint density at radius 3 is 2.80 bits per heavy atom. The third-order valence-electron chi connectivity index (χ3n) is 4.13. The molecule has 0 spiro atoms. The number of amides is 1. The topological polar surface area (TPSA) is 38.3 Å². The lowest BCUT2D eigenvalue weighted by Gasteiger charge is -2.07. The average Bonchev–Trinajstić information content (AvgIpc) is 3.25. The smallest absolute Gasteiger partial charge is 0.256 e. The van der Waals surface area contributed by atoms with Crippen LogP contribution in [0.15, 0.2) is 60.0 Å². The van der Waals surface area contributed by atoms with Gasteiger partial charge in [0.25, 0.3) is 5.91 Å². The van der Waals surface area contributed by atoms with Crippen molar-refractivity contribution in [3.05, 3.63) is 71.1 Å². The van der Waals surface area contributed by atoms with Gasteiger partial charge in [-0.2, -0.15) is 0 Å². The van der Waals surface area contributed by atoms with Crippen LogP contribution >= 0.6 is 11.3 Å². The van der Waals surface area contributed by atoms with Crippen molar-refractivity contribution in [3.8, 4) is 16.2 Å². The molecule has 0 bridgehead atoms. The highest BCUT2D eigenvalue weighted by Crippen LogP contribution is 2.38. The van der Waals surface area contributed by atoms with Crippen molar-refractivity contribution >= 4 is 34.6 Å². The Kier molecular flexibility index (Phi) is 4.12. The van der Waals surface area contributed by atoms with E-state index in [1.54, 1.807) is 11.3 Å². The highest BCUT2D eigenvalue weighted by molar-refractivity contribution is 7.13. The van der Waals surface area contributed by atoms with Crippen LogP contribution < -0.4 is 10.1 Å². The molecule has 0 unspecified atom stereocenters. The Labute approximate surface area is 150 Å². The van der Waals surface area contributed by atoms with Crippen molar-refractivity contribution in [2.75, 3.05) is 11.9 Å². The normalized spacial score (nSPS) is 14.4. The Hall–Kier alpha value is -2.85. The SMILES string of the molecule is CCOc1ccccc1C=C1C(=O)Nc2cc(-c3cccs3)ccc21. The van der Waals surface area contributed by atoms with Crippen molar-refractivity contribution in [2.45, 2.75) is 6.92 Å². The molecular weight excluding hydrogens is 330 g/mol. The lowest BCUT2D eigenvalue weighted by atomic mass is 10.0. The van der Waals surface area contributed by atoms with E-state index in [2.05, 4.69) is 22.8 Å². The van der Waals surface area contributed by atoms with Crippen LogP contribution in [0.5, 0.6) is 5.75 Å². The number of rotatable bonds is 4. The second-order valence-corrected chi connectivity index (χ2v) is 6.67. The number of nitrogens with one attached hydrogen (secondary N) is 1. The fourth-order valence-corrected chi connectivity index (χ4v) is 3.70. The second kappa shape index (κ2) is 6.57. The minimum Gasteiger partial charge on any atom is -0.493 e. The summed E-state index contributed by atoms with van der Waals surface area (Å²) in [6.07, 6.45) is 1.90. The van der Waals surface area contributed by atoms with Gasteiger partial charge in [0, 0.05) is 27.3 Å². The summed E-state index contributed by atoms with van der Waals surface area (Å²) in [7, 11) is 0. The molecule has 3 nitrogen and oxygen atoms in total. The largest absolute Gasteiger partial charge is 0.493 e. The van der Waals surface area contributed by atoms with Crippen molar-refractivity contribution in [3.63, 3.8) is 0 Å². The first-order chi connectivity index (χ1) is 12.3. The molecule has 1 aliphatic heterocycles. The van der Waals surface area contributed by atoms with Gasteiger partial charge in [0.05, 0.1) is 6.61 Å². The summed E-state index contributed by atoms with van der Waals surface area (Å²) in [4.78, 5) is 13.7. The van der Waals surface area contributed by atoms with Crippen molar-refractivity contribution in [2.24, 2.45) is 0 Å². The maximum Gasteiger partial charge on any atom is 0.256 e. The summed E-state index contributed by atoms with van der Waals surface area (Å²) in [6.45, 7) is 2.54. The first kappa shape index (κ1) is 15.7. The Bertz CT molecular complexity index is 958. The maximum atomic E-state index is 12.5. The fraction of sp³-hybridized carbons (Fsp3) is 0.0952. The first-order valence-corrected chi connectivity index (χ1v) is 9.07. The van der Waals surface area contributed by atoms with Gasteiger partial charge < -0.3 is 10.1 Å². The summed E-state index contributed by atoms with van der Waals surface area (Å²) in [5, 5.41) is 5.03. The number of ether oxygens (including phenoxy) is 1. The van der Waals surface area contributed by atoms with Gasteiger partial charge in [0.2, 0.25) is 0 Å². The van der Waals surface area contributed by atoms with E-state index < -0.39 is 0 Å². The van der Waals surface area contributed by atoms with Gasteiger partial charge >= 0.3 is 0 Å². The maximum absolute atomic E-state index is 12.5. The standard InChI is InChI=1S/C21H17NO2S/c1-2-24-19-7-4-3-6-14(19)12-17-16-10-9-15(20-8-5-11-25-20)13-18(16)22-21(17)23/h3-13H,2H2,1H3,(H,22,23). The van der Waals surface area contributed by atoms with Gasteiger partial charge in [-0.25, -0.2) is 0 Å². The van der Waals surface area contributed by atoms with Crippen molar-refractivity contribution < 1.29 is 9.53 Å². The predicted octanol–water partition coefficient (Wildman–Crippen LogP) is 5.31. The van der Waals surface area contributed by atoms with E-state index in [4.69, 9.17) is 4.74 Å². The molecule has 4 rings (SSSR count). The number of para-hydroxylation sites is 1. The monoisotopic (exact) mass is 347 g/mol. The molecule has 0 fully saturated rings. The quantitative estimate of drug-likeness (QED) is 0.650. The number of hydrogen-bond acceptors (Lipinski definition) is 3. The summed E-state index contributed by atoms with van der Waals surface area (Å²) in [6, 6.07) is 18.0. The number of hydrogen-bond donors (Lipinski definition) is 1. The van der Waals surface area contributed by atoms with E-state index in [1.807, 2.05) is 55.5 Å². The van der Waals surface area contributed by atoms with Crippen LogP contribution in [0.3, 0.4) is 0 Å². The van der Waals surface area contributed by atoms with Crippen molar-refractivity contribution in [1.29, 1.82) is 0 Å². The van der Waals surface area contributed by atoms with Crippen LogP contribution in [0.4, 0.5) is 5.69 Å². The number of fused-ring (bicyclic) bond motifs is 1. The fourth-order valence-electron chi connectivity index (χ4n) is 2.98. The molecule has 4 heteroatoms. The number of benzene rings is 2. The summed E-state index contributed by atoms with van der Waals surface area (Å²) < 4.78 is 5.66. The third kappa shape index (κ3) is 2.96. The van der Waals surface area contributed by atoms with Gasteiger partial charge in [-0.1, -0.05) is 36.4 Å². The lowest BCUT2D eigenvalue weighted by molar-refractivity contribution is -0.110. The van der Waals surface area contributed by atoms with Crippen LogP contribution in [-0.4, -0.2) is 12.5 Å². The van der Waals surface area contributed by atoms with Gasteiger partial charge in [-0.05, 0) is 42.1 Å². The molecule has 0 aliphatic carbocycles. The van der Waals surface area contributed by atoms with Crippen molar-refractivity contribution in [1.82, 2.24) is 0 Å². The highest BCUT2D eigenvalue weighted by Gasteiger charge is 2.24. The van der Waals surface area contributed by atoms with Gasteiger partial charge in [-0.3, -0.25) is 4.79 Å². The minimum absolute atomic E-state index is 0.0790. The Morgan fingerprint density at radius 2 is 2.00 bits per heavy atom. The van der Waals surface area contributed by atoms with Crippen LogP contribution in [0.25, 0.3) is 22.1 Å². The molecule has 1 aliphatic rings. The molecule has 124 valence electrons. The molecule has 0 saturated carbocycles. The Morgan fingerprint density at radius 1 is 1.12 bits per heavy atom. The van der Waals surface area contributed by atoms with Crippen LogP contribution in [-0.2, 0) is 4.79 Å². The van der Waals surface area contributed by atoms with Gasteiger partial charge in [0.15, 0.2) is 0 Å². The van der Waals surface area contributed by atoms with E-state index in [9.17, 15) is 4.79 Å². The first-order valence-electron chi connectivity index (χ1n) is 8.19. The number of anilines is 1. The molecule has 2 aromatic carbocycles. The second-order valence-electron chi connectivity index (χ2n) is 5.72. The van der Waals surface area contributed by atoms with E-state index >= 15 is 0 Å². The summed E-state index contributed by atoms with van der Waals surface area (Å²) >= 11 is 1.69. The molecular formula is C21H17NO2S. The van der Waals surface area contributed by atoms with E-state index in [0.29, 0.717) is 12.2 Å². The van der Waals surface area contributed by atoms with E-state index in [1.165, 1.54) is 4.88 Å². The third-order valence-corrected chi connectivity index (χ3v) is 5.05. The number of carbonyl (C=O) groups excluding carboxylic acids is 1. The lowest BCUT2D eigenvalue weighted by Crippen LogP contribution is -2.03. The molecule has 0 radical (unpaired) electrons. The summed E-state index contributed by atoms with van der Waals surface area (Å²) in [5.74, 6) is 0.707. The number of thiophene rings is 1. The van der Waals surface area contributed by atoms with E-state index in [-0.39, 0.29) is 5.91 Å². The van der Waals surface area contributed by atoms with Crippen LogP contribution in [0.2, 0.25) is 0 Å². The molecule has 0 saturated heterocycles. The zero-order valence-corrected chi connectivity index (χ0v) is 14.6. The zero-order chi connectivity index (χ0) is 17.2. The molecule has 2 heterocycles. The average molecular weight is 347 g/mol. The molecule has 25 heavy (non-hydrogen) atoms. The molecule has 1 N–H and O–H groups in total. The minimum atomic E-state index is -0.0790. The molecule has 0 atom stereocenters. The molecule has 3 aromatic rings. The Balaban J connectivity index is 1.75. The number of carbonyl (C=O) groups is 1.